The molecule has 0 bridgehead atoms. The third kappa shape index (κ3) is 5.18. The van der Waals surface area contributed by atoms with Crippen molar-refractivity contribution in [3.8, 4) is 0 Å². The maximum atomic E-state index is 11.9. The van der Waals surface area contributed by atoms with Crippen molar-refractivity contribution in [2.45, 2.75) is 65.4 Å². The van der Waals surface area contributed by atoms with Gasteiger partial charge < -0.3 is 4.74 Å². The summed E-state index contributed by atoms with van der Waals surface area (Å²) in [6.07, 6.45) is 5.82. The largest absolute Gasteiger partial charge is 0.462 e. The van der Waals surface area contributed by atoms with E-state index in [0.29, 0.717) is 11.8 Å². The van der Waals surface area contributed by atoms with Crippen molar-refractivity contribution in [2.24, 2.45) is 11.3 Å². The third-order valence-corrected chi connectivity index (χ3v) is 4.66. The molecule has 0 aliphatic heterocycles. The molecule has 0 amide bonds. The van der Waals surface area contributed by atoms with Crippen molar-refractivity contribution in [3.05, 3.63) is 35.9 Å². The highest BCUT2D eigenvalue weighted by Gasteiger charge is 2.30. The van der Waals surface area contributed by atoms with E-state index in [-0.39, 0.29) is 12.1 Å². The minimum atomic E-state index is -0.0435. The van der Waals surface area contributed by atoms with Crippen LogP contribution in [0.1, 0.15) is 58.4 Å². The van der Waals surface area contributed by atoms with Crippen LogP contribution in [0, 0.1) is 11.3 Å². The van der Waals surface area contributed by atoms with Crippen molar-refractivity contribution in [2.75, 3.05) is 0 Å². The summed E-state index contributed by atoms with van der Waals surface area (Å²) in [5, 5.41) is 0. The molecular formula is C19H28O2. The lowest BCUT2D eigenvalue weighted by Crippen LogP contribution is -2.30. The molecule has 0 aromatic heterocycles. The molecule has 2 heteroatoms. The topological polar surface area (TPSA) is 26.3 Å². The highest BCUT2D eigenvalue weighted by Crippen LogP contribution is 2.38. The van der Waals surface area contributed by atoms with Crippen LogP contribution in [-0.2, 0) is 16.0 Å². The standard InChI is InChI=1S/C19H28O2/c1-19(2,3)16-10-12-17(13-11-16)21-18(20)14-9-15-7-5-4-6-8-15/h4-8,16-17H,9-14H2,1-3H3. The van der Waals surface area contributed by atoms with E-state index in [1.807, 2.05) is 18.2 Å². The van der Waals surface area contributed by atoms with Gasteiger partial charge in [0.25, 0.3) is 0 Å². The smallest absolute Gasteiger partial charge is 0.306 e. The van der Waals surface area contributed by atoms with Crippen molar-refractivity contribution >= 4 is 5.97 Å². The van der Waals surface area contributed by atoms with Crippen LogP contribution in [0.3, 0.4) is 0 Å². The quantitative estimate of drug-likeness (QED) is 0.746. The van der Waals surface area contributed by atoms with Gasteiger partial charge in [-0.3, -0.25) is 4.79 Å². The van der Waals surface area contributed by atoms with E-state index >= 15 is 0 Å². The fraction of sp³-hybridized carbons (Fsp3) is 0.632. The van der Waals surface area contributed by atoms with Crippen LogP contribution < -0.4 is 0 Å². The van der Waals surface area contributed by atoms with Gasteiger partial charge in [-0.25, -0.2) is 0 Å². The molecular weight excluding hydrogens is 260 g/mol. The Hall–Kier alpha value is -1.31. The Morgan fingerprint density at radius 1 is 1.10 bits per heavy atom. The maximum Gasteiger partial charge on any atom is 0.306 e. The lowest BCUT2D eigenvalue weighted by Gasteiger charge is -2.36. The molecule has 116 valence electrons. The summed E-state index contributed by atoms with van der Waals surface area (Å²) in [4.78, 5) is 11.9. The summed E-state index contributed by atoms with van der Waals surface area (Å²) in [6.45, 7) is 6.93. The zero-order valence-electron chi connectivity index (χ0n) is 13.6. The summed E-state index contributed by atoms with van der Waals surface area (Å²) in [7, 11) is 0. The molecule has 0 heterocycles. The second kappa shape index (κ2) is 7.11. The van der Waals surface area contributed by atoms with Crippen LogP contribution in [0.25, 0.3) is 0 Å². The van der Waals surface area contributed by atoms with Crippen molar-refractivity contribution in [3.63, 3.8) is 0 Å². The molecule has 0 radical (unpaired) electrons. The van der Waals surface area contributed by atoms with Gasteiger partial charge in [-0.05, 0) is 49.0 Å². The van der Waals surface area contributed by atoms with E-state index in [4.69, 9.17) is 4.74 Å². The fourth-order valence-electron chi connectivity index (χ4n) is 3.18. The first-order valence-corrected chi connectivity index (χ1v) is 8.18. The Bertz CT molecular complexity index is 436. The van der Waals surface area contributed by atoms with Gasteiger partial charge in [-0.15, -0.1) is 0 Å². The number of carbonyl (C=O) groups excluding carboxylic acids is 1. The molecule has 1 aromatic carbocycles. The summed E-state index contributed by atoms with van der Waals surface area (Å²) in [6, 6.07) is 10.1. The monoisotopic (exact) mass is 288 g/mol. The molecule has 0 saturated heterocycles. The van der Waals surface area contributed by atoms with Gasteiger partial charge in [0, 0.05) is 6.42 Å². The Morgan fingerprint density at radius 3 is 2.29 bits per heavy atom. The predicted molar refractivity (Wildman–Crippen MR) is 86.1 cm³/mol. The lowest BCUT2D eigenvalue weighted by atomic mass is 9.72. The molecule has 0 unspecified atom stereocenters. The van der Waals surface area contributed by atoms with Gasteiger partial charge in [0.15, 0.2) is 0 Å². The molecule has 1 fully saturated rings. The van der Waals surface area contributed by atoms with Gasteiger partial charge >= 0.3 is 5.97 Å². The Morgan fingerprint density at radius 2 is 1.71 bits per heavy atom. The van der Waals surface area contributed by atoms with Gasteiger partial charge in [-0.2, -0.15) is 0 Å². The normalized spacial score (nSPS) is 22.8. The van der Waals surface area contributed by atoms with Crippen LogP contribution in [0.2, 0.25) is 0 Å². The van der Waals surface area contributed by atoms with E-state index in [1.165, 1.54) is 18.4 Å². The SMILES string of the molecule is CC(C)(C)C1CCC(OC(=O)CCc2ccccc2)CC1. The van der Waals surface area contributed by atoms with E-state index in [1.54, 1.807) is 0 Å². The summed E-state index contributed by atoms with van der Waals surface area (Å²) >= 11 is 0. The first kappa shape index (κ1) is 16.1. The van der Waals surface area contributed by atoms with Crippen LogP contribution in [0.15, 0.2) is 30.3 Å². The second-order valence-electron chi connectivity index (χ2n) is 7.32. The van der Waals surface area contributed by atoms with E-state index in [0.717, 1.165) is 25.2 Å². The molecule has 0 N–H and O–H groups in total. The molecule has 2 nitrogen and oxygen atoms in total. The predicted octanol–water partition coefficient (Wildman–Crippen LogP) is 4.77. The van der Waals surface area contributed by atoms with Gasteiger partial charge in [0.05, 0.1) is 0 Å². The Kier molecular flexibility index (Phi) is 5.44. The van der Waals surface area contributed by atoms with Crippen LogP contribution in [-0.4, -0.2) is 12.1 Å². The van der Waals surface area contributed by atoms with E-state index < -0.39 is 0 Å². The summed E-state index contributed by atoms with van der Waals surface area (Å²) < 4.78 is 5.64. The molecule has 2 rings (SSSR count). The summed E-state index contributed by atoms with van der Waals surface area (Å²) in [5.74, 6) is 0.717. The number of carbonyl (C=O) groups is 1. The van der Waals surface area contributed by atoms with Crippen LogP contribution in [0.5, 0.6) is 0 Å². The number of hydrogen-bond acceptors (Lipinski definition) is 2. The highest BCUT2D eigenvalue weighted by atomic mass is 16.5. The molecule has 0 spiro atoms. The molecule has 1 saturated carbocycles. The zero-order valence-corrected chi connectivity index (χ0v) is 13.6. The number of hydrogen-bond donors (Lipinski definition) is 0. The molecule has 1 aliphatic rings. The number of aryl methyl sites for hydroxylation is 1. The fourth-order valence-corrected chi connectivity index (χ4v) is 3.18. The third-order valence-electron chi connectivity index (χ3n) is 4.66. The second-order valence-corrected chi connectivity index (χ2v) is 7.32. The molecule has 21 heavy (non-hydrogen) atoms. The average molecular weight is 288 g/mol. The molecule has 0 atom stereocenters. The minimum Gasteiger partial charge on any atom is -0.462 e. The van der Waals surface area contributed by atoms with E-state index in [2.05, 4.69) is 32.9 Å². The van der Waals surface area contributed by atoms with Crippen LogP contribution in [0.4, 0.5) is 0 Å². The van der Waals surface area contributed by atoms with Gasteiger partial charge in [0.2, 0.25) is 0 Å². The zero-order chi connectivity index (χ0) is 15.3. The van der Waals surface area contributed by atoms with E-state index in [9.17, 15) is 4.79 Å². The Balaban J connectivity index is 1.70. The van der Waals surface area contributed by atoms with Crippen molar-refractivity contribution in [1.82, 2.24) is 0 Å². The molecule has 1 aromatic rings. The number of benzene rings is 1. The number of esters is 1. The highest BCUT2D eigenvalue weighted by molar-refractivity contribution is 5.69. The first-order chi connectivity index (χ1) is 9.95. The van der Waals surface area contributed by atoms with Crippen molar-refractivity contribution in [1.29, 1.82) is 0 Å². The average Bonchev–Trinajstić information content (AvgIpc) is 2.46. The minimum absolute atomic E-state index is 0.0435. The van der Waals surface area contributed by atoms with Gasteiger partial charge in [-0.1, -0.05) is 51.1 Å². The van der Waals surface area contributed by atoms with Crippen molar-refractivity contribution < 1.29 is 9.53 Å². The summed E-state index contributed by atoms with van der Waals surface area (Å²) in [5.41, 5.74) is 1.58. The first-order valence-electron chi connectivity index (χ1n) is 8.18. The lowest BCUT2D eigenvalue weighted by molar-refractivity contribution is -0.151. The Labute approximate surface area is 128 Å². The van der Waals surface area contributed by atoms with Crippen LogP contribution >= 0.6 is 0 Å². The maximum absolute atomic E-state index is 11.9. The van der Waals surface area contributed by atoms with Gasteiger partial charge in [0.1, 0.15) is 6.10 Å². The number of rotatable bonds is 4. The molecule has 1 aliphatic carbocycles. The number of ether oxygens (including phenoxy) is 1.